The first kappa shape index (κ1) is 22.7. The van der Waals surface area contributed by atoms with Crippen LogP contribution in [0.5, 0.6) is 0 Å². The quantitative estimate of drug-likeness (QED) is 0.718. The van der Waals surface area contributed by atoms with Gasteiger partial charge in [0.15, 0.2) is 0 Å². The van der Waals surface area contributed by atoms with Crippen molar-refractivity contribution >= 4 is 22.7 Å². The minimum atomic E-state index is -0.323. The normalized spacial score (nSPS) is 24.1. The van der Waals surface area contributed by atoms with Crippen LogP contribution in [0.15, 0.2) is 18.2 Å². The number of H-pyrrole nitrogens is 1. The predicted octanol–water partition coefficient (Wildman–Crippen LogP) is 2.84. The fourth-order valence-corrected chi connectivity index (χ4v) is 5.18. The molecule has 1 saturated carbocycles. The molecule has 2 fully saturated rings. The number of likely N-dealkylation sites (N-methyl/N-ethyl adjacent to an activating group) is 1. The Morgan fingerprint density at radius 2 is 2.12 bits per heavy atom. The number of nitrogens with one attached hydrogen (secondary N) is 2. The van der Waals surface area contributed by atoms with Crippen molar-refractivity contribution in [3.8, 4) is 0 Å². The molecule has 0 spiro atoms. The topological polar surface area (TPSA) is 77.7 Å². The van der Waals surface area contributed by atoms with Gasteiger partial charge in [0.05, 0.1) is 5.52 Å². The summed E-state index contributed by atoms with van der Waals surface area (Å²) in [5.74, 6) is -0.496. The van der Waals surface area contributed by atoms with Crippen molar-refractivity contribution in [3.05, 3.63) is 35.3 Å². The first-order chi connectivity index (χ1) is 15.4. The summed E-state index contributed by atoms with van der Waals surface area (Å²) in [6, 6.07) is 5.44. The minimum absolute atomic E-state index is 0.0122. The summed E-state index contributed by atoms with van der Waals surface area (Å²) in [5.41, 5.74) is 1.98. The molecule has 1 aromatic heterocycles. The molecule has 1 aromatic carbocycles. The Balaban J connectivity index is 1.35. The molecule has 2 N–H and O–H groups in total. The Morgan fingerprint density at radius 1 is 1.31 bits per heavy atom. The number of hydrogen-bond donors (Lipinski definition) is 2. The lowest BCUT2D eigenvalue weighted by molar-refractivity contribution is -0.135. The number of carbonyl (C=O) groups is 2. The Bertz CT molecular complexity index is 952. The van der Waals surface area contributed by atoms with E-state index in [4.69, 9.17) is 4.74 Å². The molecule has 7 nitrogen and oxygen atoms in total. The summed E-state index contributed by atoms with van der Waals surface area (Å²) in [4.78, 5) is 32.4. The number of methoxy groups -OCH3 is 1. The van der Waals surface area contributed by atoms with E-state index >= 15 is 0 Å². The lowest BCUT2D eigenvalue weighted by atomic mass is 9.90. The lowest BCUT2D eigenvalue weighted by Gasteiger charge is -2.36. The largest absolute Gasteiger partial charge is 0.375 e. The molecule has 32 heavy (non-hydrogen) atoms. The highest BCUT2D eigenvalue weighted by Gasteiger charge is 2.35. The standard InChI is InChI=1S/C24H33FN4O3/c1-15-7-8-20(25)19-12-21(27-23(15)19)24(31)26-16-5-4-6-17(11-16)29-10-9-18(13-29)28(2)22(30)14-32-3/h7-8,12,16-18,27H,4-6,9-11,13-14H2,1-3H3,(H,26,31)/t16-,17-,18+/m1/s1. The van der Waals surface area contributed by atoms with Crippen molar-refractivity contribution in [2.24, 2.45) is 0 Å². The summed E-state index contributed by atoms with van der Waals surface area (Å²) >= 11 is 0. The maximum Gasteiger partial charge on any atom is 0.267 e. The number of halogens is 1. The highest BCUT2D eigenvalue weighted by molar-refractivity contribution is 5.99. The van der Waals surface area contributed by atoms with E-state index < -0.39 is 0 Å². The van der Waals surface area contributed by atoms with Crippen molar-refractivity contribution in [2.45, 2.75) is 57.2 Å². The number of nitrogens with zero attached hydrogens (tertiary/aromatic N) is 2. The van der Waals surface area contributed by atoms with E-state index in [1.807, 2.05) is 18.9 Å². The molecule has 0 unspecified atom stereocenters. The molecule has 3 atom stereocenters. The maximum atomic E-state index is 14.1. The van der Waals surface area contributed by atoms with Crippen molar-refractivity contribution in [1.29, 1.82) is 0 Å². The second-order valence-corrected chi connectivity index (χ2v) is 9.20. The zero-order valence-corrected chi connectivity index (χ0v) is 19.1. The van der Waals surface area contributed by atoms with Crippen LogP contribution in [0, 0.1) is 12.7 Å². The Hall–Kier alpha value is -2.45. The van der Waals surface area contributed by atoms with E-state index in [0.29, 0.717) is 22.6 Å². The second-order valence-electron chi connectivity index (χ2n) is 9.20. The molecular weight excluding hydrogens is 411 g/mol. The SMILES string of the molecule is COCC(=O)N(C)[C@H]1CCN([C@@H]2CCC[C@@H](NC(=O)c3cc4c(F)ccc(C)c4[nH]3)C2)C1. The molecular formula is C24H33FN4O3. The van der Waals surface area contributed by atoms with E-state index in [2.05, 4.69) is 15.2 Å². The maximum absolute atomic E-state index is 14.1. The molecule has 0 bridgehead atoms. The number of amides is 2. The summed E-state index contributed by atoms with van der Waals surface area (Å²) < 4.78 is 19.1. The number of aromatic amines is 1. The molecule has 8 heteroatoms. The third-order valence-corrected chi connectivity index (χ3v) is 7.10. The summed E-state index contributed by atoms with van der Waals surface area (Å²) in [6.07, 6.45) is 4.95. The van der Waals surface area contributed by atoms with E-state index in [0.717, 1.165) is 50.8 Å². The lowest BCUT2D eigenvalue weighted by Crippen LogP contribution is -2.47. The Kier molecular flexibility index (Phi) is 6.81. The van der Waals surface area contributed by atoms with Gasteiger partial charge in [-0.15, -0.1) is 0 Å². The van der Waals surface area contributed by atoms with Gasteiger partial charge in [-0.25, -0.2) is 4.39 Å². The number of fused-ring (bicyclic) bond motifs is 1. The van der Waals surface area contributed by atoms with E-state index in [1.165, 1.54) is 13.2 Å². The van der Waals surface area contributed by atoms with Crippen LogP contribution < -0.4 is 5.32 Å². The average molecular weight is 445 g/mol. The van der Waals surface area contributed by atoms with Crippen molar-refractivity contribution in [2.75, 3.05) is 33.9 Å². The summed E-state index contributed by atoms with van der Waals surface area (Å²) in [6.45, 7) is 3.83. The fraction of sp³-hybridized carbons (Fsp3) is 0.583. The van der Waals surface area contributed by atoms with Crippen molar-refractivity contribution in [3.63, 3.8) is 0 Å². The Morgan fingerprint density at radius 3 is 2.88 bits per heavy atom. The zero-order valence-electron chi connectivity index (χ0n) is 19.1. The number of ether oxygens (including phenoxy) is 1. The van der Waals surface area contributed by atoms with E-state index in [1.54, 1.807) is 12.1 Å². The van der Waals surface area contributed by atoms with Crippen LogP contribution in [-0.2, 0) is 9.53 Å². The van der Waals surface area contributed by atoms with Crippen molar-refractivity contribution < 1.29 is 18.7 Å². The van der Waals surface area contributed by atoms with Gasteiger partial charge in [-0.05, 0) is 56.7 Å². The average Bonchev–Trinajstić information content (AvgIpc) is 3.45. The van der Waals surface area contributed by atoms with E-state index in [-0.39, 0.29) is 36.3 Å². The fourth-order valence-electron chi connectivity index (χ4n) is 5.18. The van der Waals surface area contributed by atoms with Crippen LogP contribution in [0.25, 0.3) is 10.9 Å². The number of aromatic nitrogens is 1. The van der Waals surface area contributed by atoms with Gasteiger partial charge in [0.1, 0.15) is 18.1 Å². The van der Waals surface area contributed by atoms with Gasteiger partial charge in [-0.3, -0.25) is 14.5 Å². The molecule has 1 aliphatic heterocycles. The highest BCUT2D eigenvalue weighted by Crippen LogP contribution is 2.28. The molecule has 0 radical (unpaired) electrons. The first-order valence-corrected chi connectivity index (χ1v) is 11.4. The molecule has 2 aromatic rings. The van der Waals surface area contributed by atoms with Crippen LogP contribution in [0.2, 0.25) is 0 Å². The van der Waals surface area contributed by atoms with Gasteiger partial charge in [0.25, 0.3) is 5.91 Å². The van der Waals surface area contributed by atoms with Crippen molar-refractivity contribution in [1.82, 2.24) is 20.1 Å². The number of likely N-dealkylation sites (tertiary alicyclic amines) is 1. The number of aryl methyl sites for hydroxylation is 1. The zero-order chi connectivity index (χ0) is 22.8. The minimum Gasteiger partial charge on any atom is -0.375 e. The van der Waals surface area contributed by atoms with Gasteiger partial charge in [0, 0.05) is 50.8 Å². The van der Waals surface area contributed by atoms with Gasteiger partial charge in [0.2, 0.25) is 5.91 Å². The van der Waals surface area contributed by atoms with Crippen LogP contribution in [0.4, 0.5) is 4.39 Å². The van der Waals surface area contributed by atoms with E-state index in [9.17, 15) is 14.0 Å². The third kappa shape index (κ3) is 4.66. The van der Waals surface area contributed by atoms with Gasteiger partial charge < -0.3 is 19.9 Å². The summed E-state index contributed by atoms with van der Waals surface area (Å²) in [5, 5.41) is 3.61. The number of benzene rings is 1. The predicted molar refractivity (Wildman–Crippen MR) is 121 cm³/mol. The van der Waals surface area contributed by atoms with Gasteiger partial charge in [-0.1, -0.05) is 6.07 Å². The molecule has 2 heterocycles. The molecule has 4 rings (SSSR count). The van der Waals surface area contributed by atoms with Crippen LogP contribution in [-0.4, -0.2) is 78.6 Å². The number of rotatable bonds is 6. The summed E-state index contributed by atoms with van der Waals surface area (Å²) in [7, 11) is 3.39. The molecule has 2 aliphatic rings. The van der Waals surface area contributed by atoms with Gasteiger partial charge >= 0.3 is 0 Å². The molecule has 2 amide bonds. The Labute approximate surface area is 188 Å². The molecule has 1 aliphatic carbocycles. The highest BCUT2D eigenvalue weighted by atomic mass is 19.1. The van der Waals surface area contributed by atoms with Crippen LogP contribution in [0.3, 0.4) is 0 Å². The molecule has 1 saturated heterocycles. The third-order valence-electron chi connectivity index (χ3n) is 7.10. The van der Waals surface area contributed by atoms with Crippen LogP contribution >= 0.6 is 0 Å². The number of hydrogen-bond acceptors (Lipinski definition) is 4. The number of carbonyl (C=O) groups excluding carboxylic acids is 2. The molecule has 174 valence electrons. The monoisotopic (exact) mass is 444 g/mol. The second kappa shape index (κ2) is 9.58. The van der Waals surface area contributed by atoms with Gasteiger partial charge in [-0.2, -0.15) is 0 Å². The first-order valence-electron chi connectivity index (χ1n) is 11.4. The smallest absolute Gasteiger partial charge is 0.267 e. The van der Waals surface area contributed by atoms with Crippen LogP contribution in [0.1, 0.15) is 48.2 Å².